The number of alkyl halides is 6. The third-order valence-corrected chi connectivity index (χ3v) is 4.16. The number of carbonyl (C=O) groups is 2. The average molecular weight is 444 g/mol. The zero-order chi connectivity index (χ0) is 23.4. The maximum absolute atomic E-state index is 13.0. The van der Waals surface area contributed by atoms with Crippen molar-refractivity contribution in [2.75, 3.05) is 7.11 Å². The van der Waals surface area contributed by atoms with Gasteiger partial charge in [0.05, 0.1) is 29.9 Å². The molecule has 0 fully saturated rings. The van der Waals surface area contributed by atoms with Crippen molar-refractivity contribution in [3.63, 3.8) is 0 Å². The van der Waals surface area contributed by atoms with Gasteiger partial charge >= 0.3 is 18.3 Å². The molecule has 0 aliphatic rings. The van der Waals surface area contributed by atoms with E-state index in [2.05, 4.69) is 10.1 Å². The zero-order valence-corrected chi connectivity index (χ0v) is 15.8. The molecule has 164 valence electrons. The van der Waals surface area contributed by atoms with E-state index in [0.29, 0.717) is 11.1 Å². The van der Waals surface area contributed by atoms with Crippen LogP contribution in [0.2, 0.25) is 0 Å². The molecule has 0 saturated heterocycles. The van der Waals surface area contributed by atoms with Crippen molar-refractivity contribution >= 4 is 11.9 Å². The lowest BCUT2D eigenvalue weighted by atomic mass is 10.0. The molecule has 0 bridgehead atoms. The third kappa shape index (κ3) is 6.21. The summed E-state index contributed by atoms with van der Waals surface area (Å²) in [6.45, 7) is 0. The first-order valence-corrected chi connectivity index (χ1v) is 8.52. The van der Waals surface area contributed by atoms with Crippen LogP contribution in [-0.4, -0.2) is 25.0 Å². The molecule has 11 heteroatoms. The zero-order valence-electron chi connectivity index (χ0n) is 15.8. The van der Waals surface area contributed by atoms with Crippen LogP contribution in [-0.2, 0) is 28.3 Å². The maximum Gasteiger partial charge on any atom is 0.416 e. The highest BCUT2D eigenvalue weighted by Crippen LogP contribution is 2.36. The number of halogens is 6. The Morgan fingerprint density at radius 2 is 1.52 bits per heavy atom. The summed E-state index contributed by atoms with van der Waals surface area (Å²) in [6.07, 6.45) is -10.4. The largest absolute Gasteiger partial charge is 0.467 e. The molecule has 0 heterocycles. The van der Waals surface area contributed by atoms with E-state index >= 15 is 0 Å². The minimum atomic E-state index is -5.12. The molecule has 2 rings (SSSR count). The maximum atomic E-state index is 13.0. The van der Waals surface area contributed by atoms with E-state index in [1.165, 1.54) is 24.3 Å². The SMILES string of the molecule is COC(=O)[C@H](Cc1ccc(C#N)cc1)NC(=O)c1cc(C(F)(F)F)cc(C(F)(F)F)c1. The van der Waals surface area contributed by atoms with Crippen LogP contribution in [0, 0.1) is 11.3 Å². The van der Waals surface area contributed by atoms with Gasteiger partial charge in [0.15, 0.2) is 0 Å². The molecule has 0 radical (unpaired) electrons. The van der Waals surface area contributed by atoms with Crippen molar-refractivity contribution in [3.05, 3.63) is 70.3 Å². The van der Waals surface area contributed by atoms with Crippen LogP contribution in [0.4, 0.5) is 26.3 Å². The van der Waals surface area contributed by atoms with E-state index < -0.39 is 47.0 Å². The number of ether oxygens (including phenoxy) is 1. The molecule has 0 aliphatic carbocycles. The highest BCUT2D eigenvalue weighted by molar-refractivity contribution is 5.97. The van der Waals surface area contributed by atoms with Crippen molar-refractivity contribution in [1.29, 1.82) is 5.26 Å². The van der Waals surface area contributed by atoms with Crippen LogP contribution < -0.4 is 5.32 Å². The number of nitrogens with one attached hydrogen (secondary N) is 1. The van der Waals surface area contributed by atoms with Crippen LogP contribution in [0.15, 0.2) is 42.5 Å². The second kappa shape index (κ2) is 9.07. The Morgan fingerprint density at radius 3 is 1.94 bits per heavy atom. The molecule has 0 aliphatic heterocycles. The second-order valence-electron chi connectivity index (χ2n) is 6.36. The first-order valence-electron chi connectivity index (χ1n) is 8.52. The van der Waals surface area contributed by atoms with Crippen molar-refractivity contribution < 1.29 is 40.7 Å². The lowest BCUT2D eigenvalue weighted by molar-refractivity contribution is -0.144. The Kier molecular flexibility index (Phi) is 6.95. The summed E-state index contributed by atoms with van der Waals surface area (Å²) in [5, 5.41) is 10.9. The van der Waals surface area contributed by atoms with E-state index in [-0.39, 0.29) is 24.6 Å². The number of amides is 1. The highest BCUT2D eigenvalue weighted by Gasteiger charge is 2.37. The van der Waals surface area contributed by atoms with E-state index in [1.807, 2.05) is 6.07 Å². The predicted molar refractivity (Wildman–Crippen MR) is 94.6 cm³/mol. The lowest BCUT2D eigenvalue weighted by Crippen LogP contribution is -2.43. The van der Waals surface area contributed by atoms with Gasteiger partial charge in [0.25, 0.3) is 5.91 Å². The molecule has 2 aromatic carbocycles. The topological polar surface area (TPSA) is 79.2 Å². The van der Waals surface area contributed by atoms with Crippen LogP contribution in [0.5, 0.6) is 0 Å². The van der Waals surface area contributed by atoms with Crippen LogP contribution >= 0.6 is 0 Å². The van der Waals surface area contributed by atoms with Gasteiger partial charge in [0, 0.05) is 12.0 Å². The minimum absolute atomic E-state index is 0.106. The van der Waals surface area contributed by atoms with Crippen molar-refractivity contribution in [2.24, 2.45) is 0 Å². The number of carbonyl (C=O) groups excluding carboxylic acids is 2. The van der Waals surface area contributed by atoms with E-state index in [4.69, 9.17) is 5.26 Å². The Labute approximate surface area is 172 Å². The van der Waals surface area contributed by atoms with Gasteiger partial charge in [0.2, 0.25) is 0 Å². The quantitative estimate of drug-likeness (QED) is 0.556. The number of esters is 1. The standard InChI is InChI=1S/C20H14F6N2O3/c1-31-18(30)16(6-11-2-4-12(10-27)5-3-11)28-17(29)13-7-14(19(21,22)23)9-15(8-13)20(24,25)26/h2-5,7-9,16H,6H2,1H3,(H,28,29)/t16-/m0/s1. The van der Waals surface area contributed by atoms with Crippen molar-refractivity contribution in [2.45, 2.75) is 24.8 Å². The van der Waals surface area contributed by atoms with Crippen molar-refractivity contribution in [3.8, 4) is 6.07 Å². The first-order chi connectivity index (χ1) is 14.3. The Morgan fingerprint density at radius 1 is 1.00 bits per heavy atom. The summed E-state index contributed by atoms with van der Waals surface area (Å²) >= 11 is 0. The molecule has 1 N–H and O–H groups in total. The number of nitriles is 1. The molecule has 0 unspecified atom stereocenters. The Hall–Kier alpha value is -3.55. The molecule has 0 spiro atoms. The minimum Gasteiger partial charge on any atom is -0.467 e. The molecule has 0 saturated carbocycles. The van der Waals surface area contributed by atoms with Gasteiger partial charge in [-0.15, -0.1) is 0 Å². The normalized spacial score (nSPS) is 12.6. The number of nitrogens with zero attached hydrogens (tertiary/aromatic N) is 1. The Balaban J connectivity index is 2.36. The van der Waals surface area contributed by atoms with Crippen LogP contribution in [0.1, 0.15) is 32.6 Å². The number of hydrogen-bond donors (Lipinski definition) is 1. The predicted octanol–water partition coefficient (Wildman–Crippen LogP) is 4.11. The molecule has 5 nitrogen and oxygen atoms in total. The number of benzene rings is 2. The highest BCUT2D eigenvalue weighted by atomic mass is 19.4. The molecular formula is C20H14F6N2O3. The number of methoxy groups -OCH3 is 1. The van der Waals surface area contributed by atoms with Gasteiger partial charge in [0.1, 0.15) is 6.04 Å². The number of rotatable bonds is 5. The van der Waals surface area contributed by atoms with Crippen LogP contribution in [0.3, 0.4) is 0 Å². The van der Waals surface area contributed by atoms with E-state index in [0.717, 1.165) is 7.11 Å². The lowest BCUT2D eigenvalue weighted by Gasteiger charge is -2.18. The molecule has 1 amide bonds. The van der Waals surface area contributed by atoms with E-state index in [1.54, 1.807) is 0 Å². The van der Waals surface area contributed by atoms with Gasteiger partial charge in [-0.3, -0.25) is 4.79 Å². The molecule has 2 aromatic rings. The molecular weight excluding hydrogens is 430 g/mol. The fourth-order valence-electron chi connectivity index (χ4n) is 2.61. The van der Waals surface area contributed by atoms with Crippen LogP contribution in [0.25, 0.3) is 0 Å². The second-order valence-corrected chi connectivity index (χ2v) is 6.36. The third-order valence-electron chi connectivity index (χ3n) is 4.16. The molecule has 0 aromatic heterocycles. The Bertz CT molecular complexity index is 975. The summed E-state index contributed by atoms with van der Waals surface area (Å²) in [4.78, 5) is 24.4. The monoisotopic (exact) mass is 444 g/mol. The fourth-order valence-corrected chi connectivity index (χ4v) is 2.61. The fraction of sp³-hybridized carbons (Fsp3) is 0.250. The van der Waals surface area contributed by atoms with Gasteiger partial charge in [-0.05, 0) is 35.9 Å². The molecule has 1 atom stereocenters. The average Bonchev–Trinajstić information content (AvgIpc) is 2.71. The summed E-state index contributed by atoms with van der Waals surface area (Å²) in [7, 11) is 1.01. The van der Waals surface area contributed by atoms with Gasteiger partial charge < -0.3 is 10.1 Å². The summed E-state index contributed by atoms with van der Waals surface area (Å²) in [6, 6.07) is 6.75. The number of hydrogen-bond acceptors (Lipinski definition) is 4. The summed E-state index contributed by atoms with van der Waals surface area (Å²) < 4.78 is 82.5. The molecule has 31 heavy (non-hydrogen) atoms. The van der Waals surface area contributed by atoms with Crippen molar-refractivity contribution in [1.82, 2.24) is 5.32 Å². The first kappa shape index (κ1) is 23.7. The summed E-state index contributed by atoms with van der Waals surface area (Å²) in [5.41, 5.74) is -3.44. The summed E-state index contributed by atoms with van der Waals surface area (Å²) in [5.74, 6) is -2.28. The van der Waals surface area contributed by atoms with Gasteiger partial charge in [-0.25, -0.2) is 4.79 Å². The van der Waals surface area contributed by atoms with Gasteiger partial charge in [-0.1, -0.05) is 12.1 Å². The van der Waals surface area contributed by atoms with E-state index in [9.17, 15) is 35.9 Å². The smallest absolute Gasteiger partial charge is 0.416 e. The van der Waals surface area contributed by atoms with Gasteiger partial charge in [-0.2, -0.15) is 31.6 Å².